The smallest absolute Gasteiger partial charge is 0.326 e. The Balaban J connectivity index is 2.90. The molecule has 0 unspecified atom stereocenters. The topological polar surface area (TPSA) is 116 Å². The summed E-state index contributed by atoms with van der Waals surface area (Å²) < 4.78 is 0. The van der Waals surface area contributed by atoms with Gasteiger partial charge in [-0.3, -0.25) is 14.4 Å². The van der Waals surface area contributed by atoms with E-state index in [1.807, 2.05) is 13.8 Å². The Bertz CT molecular complexity index is 532. The number of hydrogen-bond donors (Lipinski definition) is 3. The van der Waals surface area contributed by atoms with E-state index in [1.165, 1.54) is 11.8 Å². The van der Waals surface area contributed by atoms with E-state index in [9.17, 15) is 24.3 Å². The van der Waals surface area contributed by atoms with E-state index in [-0.39, 0.29) is 23.7 Å². The molecule has 1 heterocycles. The van der Waals surface area contributed by atoms with Crippen LogP contribution in [-0.4, -0.2) is 58.4 Å². The summed E-state index contributed by atoms with van der Waals surface area (Å²) >= 11 is 0. The minimum absolute atomic E-state index is 0.122. The fourth-order valence-corrected chi connectivity index (χ4v) is 2.98. The number of carboxylic acid groups (broad SMARTS) is 1. The summed E-state index contributed by atoms with van der Waals surface area (Å²) in [5.41, 5.74) is 0. The van der Waals surface area contributed by atoms with Crippen LogP contribution in [-0.2, 0) is 19.2 Å². The maximum absolute atomic E-state index is 12.8. The molecule has 1 saturated heterocycles. The molecule has 1 aliphatic rings. The number of aliphatic carboxylic acids is 1. The third kappa shape index (κ3) is 5.44. The van der Waals surface area contributed by atoms with Crippen molar-refractivity contribution < 1.29 is 24.3 Å². The largest absolute Gasteiger partial charge is 0.480 e. The molecule has 25 heavy (non-hydrogen) atoms. The zero-order valence-corrected chi connectivity index (χ0v) is 15.5. The average Bonchev–Trinajstić information content (AvgIpc) is 2.97. The van der Waals surface area contributed by atoms with Crippen molar-refractivity contribution in [2.24, 2.45) is 11.8 Å². The standard InChI is InChI=1S/C17H29N3O5/c1-9(2)13(18-11(5)21)16(23)20-8-6-7-12(20)15(22)19-14(10(3)4)17(24)25/h9-10,12-14H,6-8H2,1-5H3,(H,18,21)(H,19,22)(H,24,25)/t12-,13-,14-/m0/s1. The van der Waals surface area contributed by atoms with Crippen molar-refractivity contribution in [1.82, 2.24) is 15.5 Å². The molecule has 0 saturated carbocycles. The van der Waals surface area contributed by atoms with Gasteiger partial charge >= 0.3 is 5.97 Å². The maximum Gasteiger partial charge on any atom is 0.326 e. The molecule has 0 aromatic heterocycles. The predicted octanol–water partition coefficient (Wildman–Crippen LogP) is 0.364. The van der Waals surface area contributed by atoms with Gasteiger partial charge in [-0.2, -0.15) is 0 Å². The number of amides is 3. The molecule has 8 heteroatoms. The zero-order valence-electron chi connectivity index (χ0n) is 15.5. The van der Waals surface area contributed by atoms with Crippen molar-refractivity contribution in [2.45, 2.75) is 65.6 Å². The van der Waals surface area contributed by atoms with Crippen molar-refractivity contribution >= 4 is 23.7 Å². The van der Waals surface area contributed by atoms with Gasteiger partial charge in [0, 0.05) is 13.5 Å². The maximum atomic E-state index is 12.8. The van der Waals surface area contributed by atoms with Crippen molar-refractivity contribution in [2.75, 3.05) is 6.54 Å². The average molecular weight is 355 g/mol. The number of rotatable bonds is 7. The predicted molar refractivity (Wildman–Crippen MR) is 91.6 cm³/mol. The third-order valence-electron chi connectivity index (χ3n) is 4.36. The molecular formula is C17H29N3O5. The molecule has 0 bridgehead atoms. The van der Waals surface area contributed by atoms with Crippen LogP contribution in [0.15, 0.2) is 0 Å². The van der Waals surface area contributed by atoms with Crippen molar-refractivity contribution in [3.05, 3.63) is 0 Å². The van der Waals surface area contributed by atoms with Crippen LogP contribution in [0.4, 0.5) is 0 Å². The van der Waals surface area contributed by atoms with Gasteiger partial charge < -0.3 is 20.6 Å². The third-order valence-corrected chi connectivity index (χ3v) is 4.36. The van der Waals surface area contributed by atoms with E-state index >= 15 is 0 Å². The number of nitrogens with one attached hydrogen (secondary N) is 2. The van der Waals surface area contributed by atoms with Crippen LogP contribution in [0.25, 0.3) is 0 Å². The zero-order chi connectivity index (χ0) is 19.3. The molecule has 1 aliphatic heterocycles. The van der Waals surface area contributed by atoms with Gasteiger partial charge in [0.05, 0.1) is 0 Å². The number of hydrogen-bond acceptors (Lipinski definition) is 4. The lowest BCUT2D eigenvalue weighted by molar-refractivity contribution is -0.146. The molecule has 0 spiro atoms. The lowest BCUT2D eigenvalue weighted by atomic mass is 10.0. The number of carbonyl (C=O) groups is 4. The highest BCUT2D eigenvalue weighted by atomic mass is 16.4. The number of nitrogens with zero attached hydrogens (tertiary/aromatic N) is 1. The molecule has 3 amide bonds. The number of carbonyl (C=O) groups excluding carboxylic acids is 3. The van der Waals surface area contributed by atoms with Gasteiger partial charge in [-0.25, -0.2) is 4.79 Å². The lowest BCUT2D eigenvalue weighted by Crippen LogP contribution is -2.56. The van der Waals surface area contributed by atoms with Crippen molar-refractivity contribution in [3.63, 3.8) is 0 Å². The van der Waals surface area contributed by atoms with E-state index in [0.29, 0.717) is 19.4 Å². The lowest BCUT2D eigenvalue weighted by Gasteiger charge is -2.31. The first kappa shape index (κ1) is 20.9. The number of carboxylic acids is 1. The van der Waals surface area contributed by atoms with Gasteiger partial charge in [-0.05, 0) is 24.7 Å². The normalized spacial score (nSPS) is 19.6. The Hall–Kier alpha value is -2.12. The van der Waals surface area contributed by atoms with E-state index in [1.54, 1.807) is 13.8 Å². The first-order valence-electron chi connectivity index (χ1n) is 8.67. The van der Waals surface area contributed by atoms with Crippen molar-refractivity contribution in [1.29, 1.82) is 0 Å². The van der Waals surface area contributed by atoms with E-state index in [2.05, 4.69) is 10.6 Å². The second-order valence-corrected chi connectivity index (χ2v) is 7.18. The molecule has 1 fully saturated rings. The Kier molecular flexibility index (Phi) is 7.38. The highest BCUT2D eigenvalue weighted by Crippen LogP contribution is 2.21. The second kappa shape index (κ2) is 8.82. The number of likely N-dealkylation sites (tertiary alicyclic amines) is 1. The fraction of sp³-hybridized carbons (Fsp3) is 0.765. The van der Waals surface area contributed by atoms with Crippen LogP contribution in [0.2, 0.25) is 0 Å². The fourth-order valence-electron chi connectivity index (χ4n) is 2.98. The Morgan fingerprint density at radius 3 is 2.00 bits per heavy atom. The van der Waals surface area contributed by atoms with Crippen LogP contribution in [0.5, 0.6) is 0 Å². The summed E-state index contributed by atoms with van der Waals surface area (Å²) in [6, 6.07) is -2.41. The van der Waals surface area contributed by atoms with Crippen LogP contribution in [0.1, 0.15) is 47.5 Å². The van der Waals surface area contributed by atoms with E-state index in [0.717, 1.165) is 0 Å². The molecule has 3 N–H and O–H groups in total. The molecule has 1 rings (SSSR count). The summed E-state index contributed by atoms with van der Waals surface area (Å²) in [4.78, 5) is 49.4. The minimum Gasteiger partial charge on any atom is -0.480 e. The van der Waals surface area contributed by atoms with Crippen LogP contribution >= 0.6 is 0 Å². The Labute approximate surface area is 148 Å². The van der Waals surface area contributed by atoms with E-state index in [4.69, 9.17) is 0 Å². The quantitative estimate of drug-likeness (QED) is 0.610. The van der Waals surface area contributed by atoms with Crippen LogP contribution < -0.4 is 10.6 Å². The summed E-state index contributed by atoms with van der Waals surface area (Å²) in [5, 5.41) is 14.4. The molecule has 3 atom stereocenters. The highest BCUT2D eigenvalue weighted by molar-refractivity contribution is 5.93. The Morgan fingerprint density at radius 1 is 1.00 bits per heavy atom. The second-order valence-electron chi connectivity index (χ2n) is 7.18. The molecular weight excluding hydrogens is 326 g/mol. The summed E-state index contributed by atoms with van der Waals surface area (Å²) in [7, 11) is 0. The van der Waals surface area contributed by atoms with Gasteiger partial charge in [-0.1, -0.05) is 27.7 Å². The summed E-state index contributed by atoms with van der Waals surface area (Å²) in [6.45, 7) is 8.83. The van der Waals surface area contributed by atoms with Gasteiger partial charge in [0.1, 0.15) is 18.1 Å². The molecule has 0 aromatic rings. The van der Waals surface area contributed by atoms with Gasteiger partial charge in [-0.15, -0.1) is 0 Å². The van der Waals surface area contributed by atoms with Gasteiger partial charge in [0.15, 0.2) is 0 Å². The molecule has 142 valence electrons. The summed E-state index contributed by atoms with van der Waals surface area (Å²) in [6.07, 6.45) is 1.14. The molecule has 0 aliphatic carbocycles. The highest BCUT2D eigenvalue weighted by Gasteiger charge is 2.39. The van der Waals surface area contributed by atoms with Gasteiger partial charge in [0.25, 0.3) is 0 Å². The SMILES string of the molecule is CC(=O)N[C@H](C(=O)N1CCC[C@H]1C(=O)N[C@H](C(=O)O)C(C)C)C(C)C. The van der Waals surface area contributed by atoms with Crippen molar-refractivity contribution in [3.8, 4) is 0 Å². The monoisotopic (exact) mass is 355 g/mol. The first-order chi connectivity index (χ1) is 11.6. The van der Waals surface area contributed by atoms with Crippen LogP contribution in [0.3, 0.4) is 0 Å². The van der Waals surface area contributed by atoms with Gasteiger partial charge in [0.2, 0.25) is 17.7 Å². The molecule has 0 aromatic carbocycles. The minimum atomic E-state index is -1.10. The molecule has 0 radical (unpaired) electrons. The summed E-state index contributed by atoms with van der Waals surface area (Å²) in [5.74, 6) is -2.56. The Morgan fingerprint density at radius 2 is 1.56 bits per heavy atom. The van der Waals surface area contributed by atoms with Crippen LogP contribution in [0, 0.1) is 11.8 Å². The van der Waals surface area contributed by atoms with E-state index < -0.39 is 30.0 Å². The first-order valence-corrected chi connectivity index (χ1v) is 8.67. The molecule has 8 nitrogen and oxygen atoms in total.